The molecular weight excluding hydrogens is 254 g/mol. The molecule has 4 nitrogen and oxygen atoms in total. The van der Waals surface area contributed by atoms with E-state index in [1.807, 2.05) is 12.1 Å². The first kappa shape index (κ1) is 15.3. The van der Waals surface area contributed by atoms with Crippen LogP contribution in [0.5, 0.6) is 5.75 Å². The first-order valence-corrected chi connectivity index (χ1v) is 7.06. The molecule has 0 bridgehead atoms. The number of rotatable bonds is 6. The zero-order valence-corrected chi connectivity index (χ0v) is 12.8. The molecule has 2 unspecified atom stereocenters. The number of ether oxygens (including phenoxy) is 3. The highest BCUT2D eigenvalue weighted by Gasteiger charge is 2.31. The van der Waals surface area contributed by atoms with Gasteiger partial charge in [-0.25, -0.2) is 0 Å². The van der Waals surface area contributed by atoms with Crippen molar-refractivity contribution in [2.24, 2.45) is 5.73 Å². The molecule has 2 atom stereocenters. The van der Waals surface area contributed by atoms with Gasteiger partial charge in [0.25, 0.3) is 0 Å². The molecule has 0 saturated heterocycles. The van der Waals surface area contributed by atoms with Crippen molar-refractivity contribution in [3.8, 4) is 5.75 Å². The van der Waals surface area contributed by atoms with Crippen molar-refractivity contribution in [2.75, 3.05) is 20.8 Å². The fourth-order valence-corrected chi connectivity index (χ4v) is 2.46. The lowest BCUT2D eigenvalue weighted by atomic mass is 10.1. The van der Waals surface area contributed by atoms with Gasteiger partial charge in [-0.2, -0.15) is 0 Å². The van der Waals surface area contributed by atoms with Gasteiger partial charge in [0.2, 0.25) is 0 Å². The summed E-state index contributed by atoms with van der Waals surface area (Å²) in [5, 5.41) is 0. The van der Waals surface area contributed by atoms with Gasteiger partial charge >= 0.3 is 0 Å². The molecule has 20 heavy (non-hydrogen) atoms. The van der Waals surface area contributed by atoms with E-state index < -0.39 is 0 Å². The molecule has 0 saturated carbocycles. The Bertz CT molecular complexity index is 459. The number of nitrogens with two attached hydrogens (primary N) is 1. The Labute approximate surface area is 121 Å². The molecule has 2 rings (SSSR count). The lowest BCUT2D eigenvalue weighted by Crippen LogP contribution is -2.29. The molecule has 0 aliphatic heterocycles. The quantitative estimate of drug-likeness (QED) is 0.869. The Morgan fingerprint density at radius 1 is 1.30 bits per heavy atom. The minimum absolute atomic E-state index is 0.0461. The Balaban J connectivity index is 1.94. The Hall–Kier alpha value is -1.10. The predicted octanol–water partition coefficient (Wildman–Crippen LogP) is 2.45. The zero-order valence-electron chi connectivity index (χ0n) is 12.8. The molecule has 0 radical (unpaired) electrons. The van der Waals surface area contributed by atoms with Crippen LogP contribution >= 0.6 is 0 Å². The molecule has 1 aliphatic carbocycles. The summed E-state index contributed by atoms with van der Waals surface area (Å²) < 4.78 is 16.6. The molecule has 0 aromatic heterocycles. The van der Waals surface area contributed by atoms with E-state index in [0.29, 0.717) is 6.61 Å². The maximum Gasteiger partial charge on any atom is 0.119 e. The van der Waals surface area contributed by atoms with Crippen LogP contribution in [0.25, 0.3) is 0 Å². The summed E-state index contributed by atoms with van der Waals surface area (Å²) in [6, 6.07) is 5.99. The summed E-state index contributed by atoms with van der Waals surface area (Å²) in [5.74, 6) is 0.848. The van der Waals surface area contributed by atoms with Gasteiger partial charge in [0.1, 0.15) is 5.75 Å². The van der Waals surface area contributed by atoms with Gasteiger partial charge in [-0.3, -0.25) is 0 Å². The van der Waals surface area contributed by atoms with Crippen molar-refractivity contribution in [3.05, 3.63) is 29.3 Å². The summed E-state index contributed by atoms with van der Waals surface area (Å²) in [6.45, 7) is 4.78. The molecule has 2 N–H and O–H groups in total. The first-order valence-electron chi connectivity index (χ1n) is 7.06. The van der Waals surface area contributed by atoms with Gasteiger partial charge < -0.3 is 19.9 Å². The molecule has 0 spiro atoms. The Morgan fingerprint density at radius 3 is 2.70 bits per heavy atom. The number of fused-ring (bicyclic) bond motifs is 1. The lowest BCUT2D eigenvalue weighted by molar-refractivity contribution is -0.0294. The number of hydrogen-bond acceptors (Lipinski definition) is 4. The third-order valence-electron chi connectivity index (χ3n) is 4.12. The van der Waals surface area contributed by atoms with E-state index in [2.05, 4.69) is 19.9 Å². The van der Waals surface area contributed by atoms with E-state index in [-0.39, 0.29) is 17.7 Å². The SMILES string of the molecule is COc1ccc2c(c1)C(N)C(OCCC(C)(C)OC)C2. The summed E-state index contributed by atoms with van der Waals surface area (Å²) >= 11 is 0. The van der Waals surface area contributed by atoms with Gasteiger partial charge in [0.05, 0.1) is 24.9 Å². The third-order valence-corrected chi connectivity index (χ3v) is 4.12. The summed E-state index contributed by atoms with van der Waals surface area (Å²) in [4.78, 5) is 0. The van der Waals surface area contributed by atoms with Crippen LogP contribution in [-0.2, 0) is 15.9 Å². The minimum Gasteiger partial charge on any atom is -0.497 e. The topological polar surface area (TPSA) is 53.7 Å². The van der Waals surface area contributed by atoms with Gasteiger partial charge in [-0.15, -0.1) is 0 Å². The average Bonchev–Trinajstić information content (AvgIpc) is 2.75. The van der Waals surface area contributed by atoms with Crippen LogP contribution in [0.3, 0.4) is 0 Å². The van der Waals surface area contributed by atoms with Gasteiger partial charge in [0.15, 0.2) is 0 Å². The maximum absolute atomic E-state index is 6.28. The minimum atomic E-state index is -0.154. The fourth-order valence-electron chi connectivity index (χ4n) is 2.46. The Kier molecular flexibility index (Phi) is 4.68. The smallest absolute Gasteiger partial charge is 0.119 e. The highest BCUT2D eigenvalue weighted by molar-refractivity contribution is 5.42. The molecule has 0 heterocycles. The van der Waals surface area contributed by atoms with Crippen molar-refractivity contribution in [1.29, 1.82) is 0 Å². The summed E-state index contributed by atoms with van der Waals surface area (Å²) in [7, 11) is 3.40. The van der Waals surface area contributed by atoms with Crippen LogP contribution in [0, 0.1) is 0 Å². The highest BCUT2D eigenvalue weighted by atomic mass is 16.5. The van der Waals surface area contributed by atoms with Crippen LogP contribution in [-0.4, -0.2) is 32.5 Å². The predicted molar refractivity (Wildman–Crippen MR) is 79.1 cm³/mol. The number of hydrogen-bond donors (Lipinski definition) is 1. The largest absolute Gasteiger partial charge is 0.497 e. The molecule has 1 aromatic rings. The van der Waals surface area contributed by atoms with Crippen LogP contribution in [0.4, 0.5) is 0 Å². The summed E-state index contributed by atoms with van der Waals surface area (Å²) in [6.07, 6.45) is 1.77. The zero-order chi connectivity index (χ0) is 14.8. The first-order chi connectivity index (χ1) is 9.46. The summed E-state index contributed by atoms with van der Waals surface area (Å²) in [5.41, 5.74) is 8.53. The van der Waals surface area contributed by atoms with Crippen molar-refractivity contribution in [1.82, 2.24) is 0 Å². The van der Waals surface area contributed by atoms with Gasteiger partial charge in [-0.1, -0.05) is 6.07 Å². The van der Waals surface area contributed by atoms with E-state index in [4.69, 9.17) is 19.9 Å². The molecule has 0 amide bonds. The molecule has 112 valence electrons. The monoisotopic (exact) mass is 279 g/mol. The second-order valence-electron chi connectivity index (χ2n) is 5.92. The third kappa shape index (κ3) is 3.32. The van der Waals surface area contributed by atoms with Crippen molar-refractivity contribution >= 4 is 0 Å². The molecule has 1 aromatic carbocycles. The second-order valence-corrected chi connectivity index (χ2v) is 5.92. The van der Waals surface area contributed by atoms with Crippen molar-refractivity contribution in [2.45, 2.75) is 44.4 Å². The van der Waals surface area contributed by atoms with Gasteiger partial charge in [-0.05, 0) is 43.5 Å². The fraction of sp³-hybridized carbons (Fsp3) is 0.625. The number of methoxy groups -OCH3 is 2. The molecular formula is C16H25NO3. The molecule has 0 fully saturated rings. The van der Waals surface area contributed by atoms with E-state index in [1.165, 1.54) is 5.56 Å². The normalized spacial score (nSPS) is 21.9. The molecule has 1 aliphatic rings. The van der Waals surface area contributed by atoms with Crippen molar-refractivity contribution < 1.29 is 14.2 Å². The number of benzene rings is 1. The lowest BCUT2D eigenvalue weighted by Gasteiger charge is -2.24. The second kappa shape index (κ2) is 6.12. The van der Waals surface area contributed by atoms with E-state index in [9.17, 15) is 0 Å². The van der Waals surface area contributed by atoms with Crippen molar-refractivity contribution in [3.63, 3.8) is 0 Å². The highest BCUT2D eigenvalue weighted by Crippen LogP contribution is 2.34. The van der Waals surface area contributed by atoms with Crippen LogP contribution in [0.15, 0.2) is 18.2 Å². The van der Waals surface area contributed by atoms with Crippen LogP contribution in [0.1, 0.15) is 37.4 Å². The average molecular weight is 279 g/mol. The van der Waals surface area contributed by atoms with E-state index >= 15 is 0 Å². The Morgan fingerprint density at radius 2 is 2.05 bits per heavy atom. The van der Waals surface area contributed by atoms with E-state index in [0.717, 1.165) is 24.2 Å². The molecule has 4 heteroatoms. The van der Waals surface area contributed by atoms with E-state index in [1.54, 1.807) is 14.2 Å². The maximum atomic E-state index is 6.28. The van der Waals surface area contributed by atoms with Crippen LogP contribution < -0.4 is 10.5 Å². The van der Waals surface area contributed by atoms with Crippen LogP contribution in [0.2, 0.25) is 0 Å². The van der Waals surface area contributed by atoms with Gasteiger partial charge in [0, 0.05) is 20.1 Å². The standard InChI is InChI=1S/C16H25NO3/c1-16(2,19-4)7-8-20-14-9-11-5-6-12(18-3)10-13(11)15(14)17/h5-6,10,14-15H,7-9,17H2,1-4H3.